The van der Waals surface area contributed by atoms with E-state index < -0.39 is 26.3 Å². The van der Waals surface area contributed by atoms with Gasteiger partial charge in [0.05, 0.1) is 5.16 Å². The van der Waals surface area contributed by atoms with Crippen LogP contribution in [0.2, 0.25) is 12.1 Å². The van der Waals surface area contributed by atoms with Gasteiger partial charge in [-0.25, -0.2) is 0 Å². The predicted octanol–water partition coefficient (Wildman–Crippen LogP) is 5.25. The number of nitrogens with one attached hydrogen (secondary N) is 1. The first-order chi connectivity index (χ1) is 19.8. The van der Waals surface area contributed by atoms with E-state index in [1.807, 2.05) is 41.5 Å². The van der Waals surface area contributed by atoms with Gasteiger partial charge in [-0.15, -0.1) is 0 Å². The van der Waals surface area contributed by atoms with Crippen LogP contribution in [0.1, 0.15) is 94.4 Å². The molecule has 0 aliphatic carbocycles. The van der Waals surface area contributed by atoms with Gasteiger partial charge in [-0.2, -0.15) is 0 Å². The topological polar surface area (TPSA) is 89.1 Å². The summed E-state index contributed by atoms with van der Waals surface area (Å²) in [6.07, 6.45) is 4.77. The van der Waals surface area contributed by atoms with Crippen molar-refractivity contribution in [1.82, 2.24) is 9.88 Å². The molecule has 13 heteroatoms. The highest BCUT2D eigenvalue weighted by Crippen LogP contribution is 2.41. The third-order valence-electron chi connectivity index (χ3n) is 7.41. The zero-order valence-electron chi connectivity index (χ0n) is 27.9. The van der Waals surface area contributed by atoms with Gasteiger partial charge < -0.3 is 40.7 Å². The molecule has 1 heterocycles. The normalized spacial score (nSPS) is 19.8. The van der Waals surface area contributed by atoms with Crippen molar-refractivity contribution < 1.29 is 35.4 Å². The Morgan fingerprint density at radius 2 is 1.07 bits per heavy atom. The summed E-state index contributed by atoms with van der Waals surface area (Å²) in [5.41, 5.74) is 0. The SMILES string of the molecule is CCCNC1(CCC[Si](OCC)(OCC)OCC)CCN(CCC[Si](OCC)(OCC)OCC)[Si]1(OCC)OCC. The Morgan fingerprint density at radius 3 is 1.46 bits per heavy atom. The molecule has 1 unspecified atom stereocenters. The third-order valence-corrected chi connectivity index (χ3v) is 18.2. The largest absolute Gasteiger partial charge is 0.500 e. The molecule has 1 fully saturated rings. The van der Waals surface area contributed by atoms with E-state index in [4.69, 9.17) is 35.4 Å². The van der Waals surface area contributed by atoms with Crippen LogP contribution in [0.3, 0.4) is 0 Å². The number of hydrogen-bond acceptors (Lipinski definition) is 10. The van der Waals surface area contributed by atoms with Crippen molar-refractivity contribution in [1.29, 1.82) is 0 Å². The van der Waals surface area contributed by atoms with E-state index in [2.05, 4.69) is 30.7 Å². The summed E-state index contributed by atoms with van der Waals surface area (Å²) in [7, 11) is -8.34. The molecule has 0 spiro atoms. The van der Waals surface area contributed by atoms with Crippen LogP contribution in [0.4, 0.5) is 0 Å². The molecular weight excluding hydrogens is 577 g/mol. The Kier molecular flexibility index (Phi) is 20.2. The van der Waals surface area contributed by atoms with Gasteiger partial charge in [0.2, 0.25) is 0 Å². The molecule has 0 amide bonds. The summed E-state index contributed by atoms with van der Waals surface area (Å²) in [6.45, 7) is 25.9. The number of nitrogens with zero attached hydrogens (tertiary/aromatic N) is 1. The predicted molar refractivity (Wildman–Crippen MR) is 171 cm³/mol. The van der Waals surface area contributed by atoms with E-state index in [9.17, 15) is 0 Å². The minimum absolute atomic E-state index is 0.242. The smallest absolute Gasteiger partial charge is 0.382 e. The van der Waals surface area contributed by atoms with Crippen LogP contribution in [-0.2, 0) is 35.4 Å². The van der Waals surface area contributed by atoms with E-state index in [0.29, 0.717) is 52.9 Å². The van der Waals surface area contributed by atoms with Crippen LogP contribution in [0.15, 0.2) is 0 Å². The summed E-state index contributed by atoms with van der Waals surface area (Å²) in [4.78, 5) is 0. The molecule has 0 aromatic rings. The van der Waals surface area contributed by atoms with Crippen LogP contribution in [0.25, 0.3) is 0 Å². The monoisotopic (exact) mass is 640 g/mol. The van der Waals surface area contributed by atoms with Crippen LogP contribution in [0.5, 0.6) is 0 Å². The van der Waals surface area contributed by atoms with Crippen molar-refractivity contribution in [2.75, 3.05) is 72.5 Å². The Bertz CT molecular complexity index is 630. The summed E-state index contributed by atoms with van der Waals surface area (Å²) in [6, 6.07) is 1.56. The highest BCUT2D eigenvalue weighted by molar-refractivity contribution is 6.69. The molecule has 1 aliphatic heterocycles. The third kappa shape index (κ3) is 11.0. The highest BCUT2D eigenvalue weighted by atomic mass is 28.4. The molecule has 1 aliphatic rings. The van der Waals surface area contributed by atoms with Crippen molar-refractivity contribution >= 4 is 26.3 Å². The van der Waals surface area contributed by atoms with Crippen molar-refractivity contribution in [3.05, 3.63) is 0 Å². The van der Waals surface area contributed by atoms with Crippen LogP contribution >= 0.6 is 0 Å². The van der Waals surface area contributed by atoms with Crippen LogP contribution < -0.4 is 5.32 Å². The number of rotatable bonds is 27. The van der Waals surface area contributed by atoms with Crippen molar-refractivity contribution in [2.45, 2.75) is 112 Å². The van der Waals surface area contributed by atoms with Crippen LogP contribution in [-0.4, -0.2) is 109 Å². The quantitative estimate of drug-likeness (QED) is 0.120. The first-order valence-corrected chi connectivity index (χ1v) is 22.1. The zero-order chi connectivity index (χ0) is 30.7. The van der Waals surface area contributed by atoms with E-state index >= 15 is 0 Å². The van der Waals surface area contributed by atoms with Crippen LogP contribution in [0, 0.1) is 0 Å². The maximum Gasteiger partial charge on any atom is 0.500 e. The Hall–Kier alpha value is 0.251. The fourth-order valence-electron chi connectivity index (χ4n) is 6.12. The second-order valence-electron chi connectivity index (χ2n) is 10.1. The van der Waals surface area contributed by atoms with Gasteiger partial charge in [-0.1, -0.05) is 6.92 Å². The van der Waals surface area contributed by atoms with Crippen molar-refractivity contribution in [3.63, 3.8) is 0 Å². The molecule has 0 aromatic carbocycles. The van der Waals surface area contributed by atoms with Gasteiger partial charge in [0, 0.05) is 64.9 Å². The summed E-state index contributed by atoms with van der Waals surface area (Å²) < 4.78 is 53.1. The van der Waals surface area contributed by atoms with Gasteiger partial charge in [0.1, 0.15) is 0 Å². The number of hydrogen-bond donors (Lipinski definition) is 1. The molecule has 1 N–H and O–H groups in total. The average molecular weight is 641 g/mol. The Labute approximate surface area is 255 Å². The summed E-state index contributed by atoms with van der Waals surface area (Å²) in [5.74, 6) is 0. The Balaban J connectivity index is 3.27. The lowest BCUT2D eigenvalue weighted by Crippen LogP contribution is -2.73. The first-order valence-electron chi connectivity index (χ1n) is 16.4. The maximum atomic E-state index is 6.82. The molecule has 246 valence electrons. The van der Waals surface area contributed by atoms with Crippen molar-refractivity contribution in [3.8, 4) is 0 Å². The molecule has 0 bridgehead atoms. The van der Waals surface area contributed by atoms with Gasteiger partial charge in [0.15, 0.2) is 0 Å². The lowest BCUT2D eigenvalue weighted by Gasteiger charge is -2.46. The first kappa shape index (κ1) is 39.3. The summed E-state index contributed by atoms with van der Waals surface area (Å²) >= 11 is 0. The molecule has 1 saturated heterocycles. The zero-order valence-corrected chi connectivity index (χ0v) is 30.9. The second-order valence-corrected chi connectivity index (χ2v) is 18.9. The van der Waals surface area contributed by atoms with Gasteiger partial charge in [-0.05, 0) is 107 Å². The fraction of sp³-hybridized carbons (Fsp3) is 1.00. The molecule has 41 heavy (non-hydrogen) atoms. The molecule has 1 atom stereocenters. The van der Waals surface area contributed by atoms with E-state index in [1.165, 1.54) is 0 Å². The molecule has 1 rings (SSSR count). The van der Waals surface area contributed by atoms with E-state index in [1.54, 1.807) is 0 Å². The molecule has 10 nitrogen and oxygen atoms in total. The average Bonchev–Trinajstić information content (AvgIpc) is 3.21. The minimum Gasteiger partial charge on any atom is -0.382 e. The van der Waals surface area contributed by atoms with Crippen molar-refractivity contribution in [2.24, 2.45) is 0 Å². The summed E-state index contributed by atoms with van der Waals surface area (Å²) in [5, 5.41) is 3.74. The molecule has 0 radical (unpaired) electrons. The molecule has 0 aromatic heterocycles. The molecular formula is C28H64N2O8Si3. The van der Waals surface area contributed by atoms with Gasteiger partial charge in [-0.3, -0.25) is 4.57 Å². The van der Waals surface area contributed by atoms with Gasteiger partial charge in [0.25, 0.3) is 0 Å². The standard InChI is InChI=1S/C28H64N2O8Si3/c1-10-23-29-28(21-19-26-39(31-11-2,32-12-3)33-13-4)22-25-30(41(28,37-17-8)38-18-9)24-20-27-40(34-14-5,35-15-6)36-16-7/h29H,10-27H2,1-9H3. The maximum absolute atomic E-state index is 6.82. The highest BCUT2D eigenvalue weighted by Gasteiger charge is 2.66. The second kappa shape index (κ2) is 21.1. The minimum atomic E-state index is -2.87. The van der Waals surface area contributed by atoms with E-state index in [0.717, 1.165) is 63.8 Å². The Morgan fingerprint density at radius 1 is 0.634 bits per heavy atom. The van der Waals surface area contributed by atoms with Gasteiger partial charge >= 0.3 is 26.3 Å². The van der Waals surface area contributed by atoms with E-state index in [-0.39, 0.29) is 5.16 Å². The fourth-order valence-corrected chi connectivity index (χ4v) is 15.8. The lowest BCUT2D eigenvalue weighted by molar-refractivity contribution is 0.0690. The lowest BCUT2D eigenvalue weighted by atomic mass is 10.1. The molecule has 0 saturated carbocycles.